The summed E-state index contributed by atoms with van der Waals surface area (Å²) < 4.78 is 5.58. The summed E-state index contributed by atoms with van der Waals surface area (Å²) in [5.74, 6) is 0.836. The highest BCUT2D eigenvalue weighted by atomic mass is 35.5. The molecule has 2 heterocycles. The summed E-state index contributed by atoms with van der Waals surface area (Å²) in [6.07, 6.45) is 1.21. The van der Waals surface area contributed by atoms with E-state index in [1.165, 1.54) is 0 Å². The zero-order valence-corrected chi connectivity index (χ0v) is 10.1. The van der Waals surface area contributed by atoms with E-state index in [2.05, 4.69) is 16.8 Å². The maximum absolute atomic E-state index is 5.90. The number of ether oxygens (including phenoxy) is 1. The second-order valence-corrected chi connectivity index (χ2v) is 4.45. The van der Waals surface area contributed by atoms with Gasteiger partial charge in [-0.1, -0.05) is 11.6 Å². The number of hydrogen-bond donors (Lipinski definition) is 1. The van der Waals surface area contributed by atoms with Gasteiger partial charge in [0.15, 0.2) is 0 Å². The molecule has 4 nitrogen and oxygen atoms in total. The smallest absolute Gasteiger partial charge is 0.133 e. The normalized spacial score (nSPS) is 21.9. The van der Waals surface area contributed by atoms with E-state index in [1.807, 2.05) is 6.07 Å². The first-order valence-corrected chi connectivity index (χ1v) is 5.82. The molecule has 1 aromatic heterocycles. The van der Waals surface area contributed by atoms with Crippen LogP contribution in [-0.2, 0) is 4.74 Å². The van der Waals surface area contributed by atoms with Crippen molar-refractivity contribution < 1.29 is 4.74 Å². The number of nitrogen functional groups attached to an aromatic ring is 1. The molecule has 1 fully saturated rings. The lowest BCUT2D eigenvalue weighted by molar-refractivity contribution is 0.0820. The molecular weight excluding hydrogens is 226 g/mol. The quantitative estimate of drug-likeness (QED) is 0.764. The standard InChI is InChI=1S/C11H16ClN3O/c1-8-7-15(3-2-4-16-8)11-6-9(13)5-10(12)14-11/h5-6,8H,2-4,7H2,1H3,(H2,13,14). The van der Waals surface area contributed by atoms with Crippen molar-refractivity contribution in [3.8, 4) is 0 Å². The molecule has 1 aliphatic rings. The predicted octanol–water partition coefficient (Wildman–Crippen LogP) is 1.93. The third kappa shape index (κ3) is 2.77. The average molecular weight is 242 g/mol. The topological polar surface area (TPSA) is 51.4 Å². The number of pyridine rings is 1. The highest BCUT2D eigenvalue weighted by Crippen LogP contribution is 2.21. The predicted molar refractivity (Wildman–Crippen MR) is 65.9 cm³/mol. The molecule has 5 heteroatoms. The van der Waals surface area contributed by atoms with Crippen molar-refractivity contribution in [2.75, 3.05) is 30.3 Å². The molecule has 0 radical (unpaired) electrons. The fraction of sp³-hybridized carbons (Fsp3) is 0.545. The van der Waals surface area contributed by atoms with Gasteiger partial charge in [-0.2, -0.15) is 0 Å². The molecule has 1 aliphatic heterocycles. The van der Waals surface area contributed by atoms with Crippen LogP contribution in [-0.4, -0.2) is 30.8 Å². The maximum Gasteiger partial charge on any atom is 0.133 e. The van der Waals surface area contributed by atoms with Crippen molar-refractivity contribution in [1.82, 2.24) is 4.98 Å². The van der Waals surface area contributed by atoms with Crippen LogP contribution < -0.4 is 10.6 Å². The SMILES string of the molecule is CC1CN(c2cc(N)cc(Cl)n2)CCCO1. The van der Waals surface area contributed by atoms with Crippen molar-refractivity contribution in [3.63, 3.8) is 0 Å². The van der Waals surface area contributed by atoms with Gasteiger partial charge in [-0.05, 0) is 19.4 Å². The van der Waals surface area contributed by atoms with Crippen molar-refractivity contribution in [1.29, 1.82) is 0 Å². The Kier molecular flexibility index (Phi) is 3.51. The van der Waals surface area contributed by atoms with Crippen molar-refractivity contribution in [2.24, 2.45) is 0 Å². The first-order valence-electron chi connectivity index (χ1n) is 5.45. The van der Waals surface area contributed by atoms with Crippen LogP contribution in [0.4, 0.5) is 11.5 Å². The number of hydrogen-bond acceptors (Lipinski definition) is 4. The van der Waals surface area contributed by atoms with Gasteiger partial charge in [0.25, 0.3) is 0 Å². The summed E-state index contributed by atoms with van der Waals surface area (Å²) >= 11 is 5.90. The third-order valence-corrected chi connectivity index (χ3v) is 2.77. The van der Waals surface area contributed by atoms with Crippen LogP contribution in [0.25, 0.3) is 0 Å². The van der Waals surface area contributed by atoms with Gasteiger partial charge in [0.2, 0.25) is 0 Å². The molecule has 0 saturated carbocycles. The summed E-state index contributed by atoms with van der Waals surface area (Å²) in [5, 5.41) is 0.438. The van der Waals surface area contributed by atoms with Crippen LogP contribution in [0.1, 0.15) is 13.3 Å². The monoisotopic (exact) mass is 241 g/mol. The highest BCUT2D eigenvalue weighted by molar-refractivity contribution is 6.29. The van der Waals surface area contributed by atoms with Crippen molar-refractivity contribution >= 4 is 23.1 Å². The molecule has 1 atom stereocenters. The Morgan fingerprint density at radius 2 is 2.38 bits per heavy atom. The Morgan fingerprint density at radius 3 is 3.12 bits per heavy atom. The third-order valence-electron chi connectivity index (χ3n) is 2.58. The Morgan fingerprint density at radius 1 is 1.56 bits per heavy atom. The molecule has 0 spiro atoms. The maximum atomic E-state index is 5.90. The van der Waals surface area contributed by atoms with Gasteiger partial charge in [0.05, 0.1) is 6.10 Å². The Labute approximate surface area is 100 Å². The molecule has 1 aromatic rings. The Balaban J connectivity index is 2.21. The van der Waals surface area contributed by atoms with Gasteiger partial charge in [-0.3, -0.25) is 0 Å². The van der Waals surface area contributed by atoms with E-state index in [1.54, 1.807) is 6.07 Å². The van der Waals surface area contributed by atoms with Gasteiger partial charge < -0.3 is 15.4 Å². The van der Waals surface area contributed by atoms with E-state index < -0.39 is 0 Å². The number of aromatic nitrogens is 1. The van der Waals surface area contributed by atoms with Crippen LogP contribution in [0.15, 0.2) is 12.1 Å². The number of anilines is 2. The largest absolute Gasteiger partial charge is 0.399 e. The first-order chi connectivity index (χ1) is 7.65. The molecule has 88 valence electrons. The zero-order valence-electron chi connectivity index (χ0n) is 9.32. The van der Waals surface area contributed by atoms with E-state index in [-0.39, 0.29) is 6.10 Å². The molecule has 0 amide bonds. The second kappa shape index (κ2) is 4.89. The molecule has 1 saturated heterocycles. The van der Waals surface area contributed by atoms with E-state index in [0.717, 1.165) is 31.9 Å². The summed E-state index contributed by atoms with van der Waals surface area (Å²) in [7, 11) is 0. The molecule has 2 rings (SSSR count). The van der Waals surface area contributed by atoms with Gasteiger partial charge in [-0.15, -0.1) is 0 Å². The number of nitrogens with two attached hydrogens (primary N) is 1. The minimum Gasteiger partial charge on any atom is -0.399 e. The Hall–Kier alpha value is -1.00. The molecule has 1 unspecified atom stereocenters. The minimum atomic E-state index is 0.213. The summed E-state index contributed by atoms with van der Waals surface area (Å²) in [6.45, 7) is 4.61. The summed E-state index contributed by atoms with van der Waals surface area (Å²) in [5.41, 5.74) is 6.40. The lowest BCUT2D eigenvalue weighted by Crippen LogP contribution is -2.30. The van der Waals surface area contributed by atoms with E-state index >= 15 is 0 Å². The minimum absolute atomic E-state index is 0.213. The molecule has 0 aromatic carbocycles. The van der Waals surface area contributed by atoms with E-state index in [4.69, 9.17) is 22.1 Å². The zero-order chi connectivity index (χ0) is 11.5. The fourth-order valence-corrected chi connectivity index (χ4v) is 2.08. The average Bonchev–Trinajstić information content (AvgIpc) is 2.41. The molecule has 16 heavy (non-hydrogen) atoms. The van der Waals surface area contributed by atoms with E-state index in [0.29, 0.717) is 10.8 Å². The fourth-order valence-electron chi connectivity index (χ4n) is 1.87. The van der Waals surface area contributed by atoms with Crippen LogP contribution in [0.3, 0.4) is 0 Å². The summed E-state index contributed by atoms with van der Waals surface area (Å²) in [6, 6.07) is 3.51. The Bertz CT molecular complexity index is 352. The van der Waals surface area contributed by atoms with Crippen molar-refractivity contribution in [3.05, 3.63) is 17.3 Å². The molecule has 2 N–H and O–H groups in total. The molecular formula is C11H16ClN3O. The number of halogens is 1. The first kappa shape index (κ1) is 11.5. The van der Waals surface area contributed by atoms with Gasteiger partial charge >= 0.3 is 0 Å². The summed E-state index contributed by atoms with van der Waals surface area (Å²) in [4.78, 5) is 6.46. The lowest BCUT2D eigenvalue weighted by Gasteiger charge is -2.23. The second-order valence-electron chi connectivity index (χ2n) is 4.06. The van der Waals surface area contributed by atoms with Crippen molar-refractivity contribution in [2.45, 2.75) is 19.4 Å². The molecule has 0 bridgehead atoms. The van der Waals surface area contributed by atoms with Crippen LogP contribution in [0.2, 0.25) is 5.15 Å². The van der Waals surface area contributed by atoms with Gasteiger partial charge in [0, 0.05) is 31.5 Å². The highest BCUT2D eigenvalue weighted by Gasteiger charge is 2.16. The van der Waals surface area contributed by atoms with Gasteiger partial charge in [-0.25, -0.2) is 4.98 Å². The lowest BCUT2D eigenvalue weighted by atomic mass is 10.3. The van der Waals surface area contributed by atoms with E-state index in [9.17, 15) is 0 Å². The number of nitrogens with zero attached hydrogens (tertiary/aromatic N) is 2. The van der Waals surface area contributed by atoms with Crippen LogP contribution >= 0.6 is 11.6 Å². The molecule has 0 aliphatic carbocycles. The number of rotatable bonds is 1. The van der Waals surface area contributed by atoms with Crippen LogP contribution in [0, 0.1) is 0 Å². The van der Waals surface area contributed by atoms with Gasteiger partial charge in [0.1, 0.15) is 11.0 Å². The van der Waals surface area contributed by atoms with Crippen LogP contribution in [0.5, 0.6) is 0 Å².